The molecule has 1 aromatic heterocycles. The second kappa shape index (κ2) is 7.27. The summed E-state index contributed by atoms with van der Waals surface area (Å²) in [7, 11) is 0. The van der Waals surface area contributed by atoms with Crippen LogP contribution in [0.1, 0.15) is 28.5 Å². The van der Waals surface area contributed by atoms with Gasteiger partial charge in [-0.3, -0.25) is 14.7 Å². The number of rotatable bonds is 4. The summed E-state index contributed by atoms with van der Waals surface area (Å²) >= 11 is 0. The zero-order chi connectivity index (χ0) is 20.5. The van der Waals surface area contributed by atoms with Crippen LogP contribution in [0.5, 0.6) is 0 Å². The Morgan fingerprint density at radius 1 is 1.31 bits per heavy atom. The largest absolute Gasteiger partial charge is 0.461 e. The lowest BCUT2D eigenvalue weighted by Gasteiger charge is -2.09. The van der Waals surface area contributed by atoms with E-state index < -0.39 is 16.7 Å². The van der Waals surface area contributed by atoms with Crippen molar-refractivity contribution in [1.29, 1.82) is 0 Å². The molecule has 29 heavy (non-hydrogen) atoms. The van der Waals surface area contributed by atoms with Crippen LogP contribution in [0.2, 0.25) is 0 Å². The van der Waals surface area contributed by atoms with Gasteiger partial charge in [0, 0.05) is 24.1 Å². The van der Waals surface area contributed by atoms with Crippen LogP contribution >= 0.6 is 0 Å². The molecule has 3 aromatic rings. The van der Waals surface area contributed by atoms with E-state index in [0.29, 0.717) is 22.5 Å². The molecule has 0 saturated carbocycles. The van der Waals surface area contributed by atoms with Crippen LogP contribution in [0.25, 0.3) is 5.69 Å². The molecule has 2 heterocycles. The minimum Gasteiger partial charge on any atom is -0.461 e. The van der Waals surface area contributed by atoms with Crippen LogP contribution < -0.4 is 0 Å². The number of aliphatic imine (C=N–C) groups is 1. The van der Waals surface area contributed by atoms with E-state index in [0.717, 1.165) is 0 Å². The number of imidazole rings is 1. The SMILES string of the molecule is CCOC(=O)c1ncn2c1N=C(c1cccc([N+](=O)[O-])c1)Cc1cc(F)ccc1-2. The molecule has 146 valence electrons. The predicted molar refractivity (Wildman–Crippen MR) is 102 cm³/mol. The molecule has 2 aromatic carbocycles. The molecule has 0 aliphatic carbocycles. The molecule has 0 amide bonds. The van der Waals surface area contributed by atoms with Crippen LogP contribution in [0.15, 0.2) is 53.8 Å². The average Bonchev–Trinajstić information content (AvgIpc) is 3.04. The first-order valence-electron chi connectivity index (χ1n) is 8.83. The Labute approximate surface area is 164 Å². The van der Waals surface area contributed by atoms with Gasteiger partial charge in [0.05, 0.1) is 22.9 Å². The Bertz CT molecular complexity index is 1170. The van der Waals surface area contributed by atoms with Crippen LogP contribution in [-0.2, 0) is 11.2 Å². The summed E-state index contributed by atoms with van der Waals surface area (Å²) < 4.78 is 20.6. The molecule has 4 rings (SSSR count). The lowest BCUT2D eigenvalue weighted by Crippen LogP contribution is -2.07. The van der Waals surface area contributed by atoms with Crippen molar-refractivity contribution in [3.63, 3.8) is 0 Å². The number of aromatic nitrogens is 2. The third-order valence-electron chi connectivity index (χ3n) is 4.50. The smallest absolute Gasteiger partial charge is 0.360 e. The van der Waals surface area contributed by atoms with E-state index >= 15 is 0 Å². The number of halogens is 1. The number of hydrogen-bond donors (Lipinski definition) is 0. The van der Waals surface area contributed by atoms with Crippen LogP contribution in [0.3, 0.4) is 0 Å². The first-order chi connectivity index (χ1) is 14.0. The highest BCUT2D eigenvalue weighted by Crippen LogP contribution is 2.32. The van der Waals surface area contributed by atoms with E-state index in [-0.39, 0.29) is 30.2 Å². The van der Waals surface area contributed by atoms with E-state index in [4.69, 9.17) is 4.74 Å². The van der Waals surface area contributed by atoms with Gasteiger partial charge in [-0.05, 0) is 30.7 Å². The number of nitrogens with zero attached hydrogens (tertiary/aromatic N) is 4. The van der Waals surface area contributed by atoms with Crippen molar-refractivity contribution in [1.82, 2.24) is 9.55 Å². The van der Waals surface area contributed by atoms with Crippen LogP contribution in [-0.4, -0.2) is 32.8 Å². The van der Waals surface area contributed by atoms with Gasteiger partial charge < -0.3 is 4.74 Å². The fourth-order valence-electron chi connectivity index (χ4n) is 3.21. The predicted octanol–water partition coefficient (Wildman–Crippen LogP) is 3.77. The molecule has 9 heteroatoms. The van der Waals surface area contributed by atoms with E-state index in [1.807, 2.05) is 0 Å². The molecule has 0 bridgehead atoms. The minimum absolute atomic E-state index is 0.0203. The summed E-state index contributed by atoms with van der Waals surface area (Å²) in [5.41, 5.74) is 2.11. The van der Waals surface area contributed by atoms with E-state index in [9.17, 15) is 19.3 Å². The second-order valence-electron chi connectivity index (χ2n) is 6.32. The quantitative estimate of drug-likeness (QED) is 0.381. The van der Waals surface area contributed by atoms with Crippen molar-refractivity contribution in [3.8, 4) is 5.69 Å². The average molecular weight is 394 g/mol. The molecule has 1 aliphatic rings. The topological polar surface area (TPSA) is 99.6 Å². The summed E-state index contributed by atoms with van der Waals surface area (Å²) in [5.74, 6) is -0.819. The summed E-state index contributed by atoms with van der Waals surface area (Å²) in [6, 6.07) is 10.3. The highest BCUT2D eigenvalue weighted by atomic mass is 19.1. The van der Waals surface area contributed by atoms with Crippen LogP contribution in [0, 0.1) is 15.9 Å². The third-order valence-corrected chi connectivity index (χ3v) is 4.50. The van der Waals surface area contributed by atoms with Crippen molar-refractivity contribution in [3.05, 3.63) is 81.5 Å². The molecule has 0 saturated heterocycles. The lowest BCUT2D eigenvalue weighted by molar-refractivity contribution is -0.384. The maximum atomic E-state index is 13.9. The monoisotopic (exact) mass is 394 g/mol. The molecule has 0 atom stereocenters. The number of benzene rings is 2. The second-order valence-corrected chi connectivity index (χ2v) is 6.32. The summed E-state index contributed by atoms with van der Waals surface area (Å²) in [4.78, 5) is 31.7. The maximum Gasteiger partial charge on any atom is 0.360 e. The minimum atomic E-state index is -0.631. The third kappa shape index (κ3) is 3.38. The van der Waals surface area contributed by atoms with Crippen molar-refractivity contribution >= 4 is 23.2 Å². The van der Waals surface area contributed by atoms with Crippen molar-refractivity contribution in [2.45, 2.75) is 13.3 Å². The number of hydrogen-bond acceptors (Lipinski definition) is 6. The Balaban J connectivity index is 1.93. The van der Waals surface area contributed by atoms with Gasteiger partial charge in [0.2, 0.25) is 0 Å². The van der Waals surface area contributed by atoms with Crippen molar-refractivity contribution < 1.29 is 18.8 Å². The lowest BCUT2D eigenvalue weighted by atomic mass is 10.0. The molecule has 0 unspecified atom stereocenters. The molecule has 0 spiro atoms. The fraction of sp³-hybridized carbons (Fsp3) is 0.150. The Kier molecular flexibility index (Phi) is 4.63. The van der Waals surface area contributed by atoms with Gasteiger partial charge in [-0.2, -0.15) is 0 Å². The summed E-state index contributed by atoms with van der Waals surface area (Å²) in [5, 5.41) is 11.2. The Morgan fingerprint density at radius 3 is 2.90 bits per heavy atom. The number of esters is 1. The van der Waals surface area contributed by atoms with Gasteiger partial charge in [0.25, 0.3) is 5.69 Å². The van der Waals surface area contributed by atoms with Gasteiger partial charge in [0.15, 0.2) is 11.5 Å². The highest BCUT2D eigenvalue weighted by molar-refractivity contribution is 6.06. The van der Waals surface area contributed by atoms with E-state index in [1.165, 1.54) is 30.6 Å². The van der Waals surface area contributed by atoms with Crippen molar-refractivity contribution in [2.24, 2.45) is 4.99 Å². The van der Waals surface area contributed by atoms with Gasteiger partial charge >= 0.3 is 5.97 Å². The number of carbonyl (C=O) groups is 1. The number of carbonyl (C=O) groups excluding carboxylic acids is 1. The van der Waals surface area contributed by atoms with E-state index in [1.54, 1.807) is 29.7 Å². The maximum absolute atomic E-state index is 13.9. The Morgan fingerprint density at radius 2 is 2.14 bits per heavy atom. The zero-order valence-corrected chi connectivity index (χ0v) is 15.3. The van der Waals surface area contributed by atoms with E-state index in [2.05, 4.69) is 9.98 Å². The van der Waals surface area contributed by atoms with Crippen LogP contribution in [0.4, 0.5) is 15.9 Å². The standard InChI is InChI=1S/C20H15FN4O4/c1-2-29-20(26)18-19-23-16(12-4-3-5-15(9-12)25(27)28)10-13-8-14(21)6-7-17(13)24(19)11-22-18/h3-9,11H,2,10H2,1H3. The molecular formula is C20H15FN4O4. The fourth-order valence-corrected chi connectivity index (χ4v) is 3.21. The molecule has 0 fully saturated rings. The van der Waals surface area contributed by atoms with Gasteiger partial charge in [0.1, 0.15) is 12.1 Å². The number of non-ortho nitro benzene ring substituents is 1. The summed E-state index contributed by atoms with van der Waals surface area (Å²) in [6.45, 7) is 1.86. The van der Waals surface area contributed by atoms with Gasteiger partial charge in [-0.15, -0.1) is 0 Å². The van der Waals surface area contributed by atoms with Crippen molar-refractivity contribution in [2.75, 3.05) is 6.61 Å². The zero-order valence-electron chi connectivity index (χ0n) is 15.3. The molecule has 1 aliphatic heterocycles. The van der Waals surface area contributed by atoms with Gasteiger partial charge in [-0.1, -0.05) is 12.1 Å². The first kappa shape index (κ1) is 18.5. The molecule has 0 radical (unpaired) electrons. The number of ether oxygens (including phenoxy) is 1. The normalized spacial score (nSPS) is 12.4. The molecule has 0 N–H and O–H groups in total. The Hall–Kier alpha value is -3.88. The number of nitro groups is 1. The molecule has 8 nitrogen and oxygen atoms in total. The number of fused-ring (bicyclic) bond motifs is 3. The highest BCUT2D eigenvalue weighted by Gasteiger charge is 2.25. The first-order valence-corrected chi connectivity index (χ1v) is 8.83. The summed E-state index contributed by atoms with van der Waals surface area (Å²) in [6.07, 6.45) is 1.65. The number of nitro benzene ring substituents is 1. The van der Waals surface area contributed by atoms with Gasteiger partial charge in [-0.25, -0.2) is 19.2 Å². The molecular weight excluding hydrogens is 379 g/mol.